The molecule has 0 aromatic carbocycles. The number of rotatable bonds is 5. The van der Waals surface area contributed by atoms with Gasteiger partial charge in [-0.3, -0.25) is 9.78 Å². The third-order valence-corrected chi connectivity index (χ3v) is 5.63. The smallest absolute Gasteiger partial charge is 0.272 e. The van der Waals surface area contributed by atoms with Gasteiger partial charge in [0.15, 0.2) is 0 Å². The van der Waals surface area contributed by atoms with Crippen LogP contribution >= 0.6 is 0 Å². The van der Waals surface area contributed by atoms with Crippen LogP contribution in [-0.4, -0.2) is 26.4 Å². The molecule has 0 aliphatic carbocycles. The van der Waals surface area contributed by atoms with Gasteiger partial charge in [0.1, 0.15) is 5.82 Å². The monoisotopic (exact) mass is 414 g/mol. The molecular weight excluding hydrogens is 386 g/mol. The van der Waals surface area contributed by atoms with Gasteiger partial charge in [-0.2, -0.15) is 0 Å². The Kier molecular flexibility index (Phi) is 5.92. The van der Waals surface area contributed by atoms with Gasteiger partial charge in [-0.05, 0) is 42.5 Å². The molecule has 3 heterocycles. The lowest BCUT2D eigenvalue weighted by atomic mass is 9.99. The Balaban J connectivity index is 1.89. The molecule has 0 atom stereocenters. The Hall–Kier alpha value is -2.83. The van der Waals surface area contributed by atoms with Crippen molar-refractivity contribution in [1.82, 2.24) is 19.9 Å². The number of fused-ring (bicyclic) bond motifs is 1. The number of aromatic amines is 1. The zero-order chi connectivity index (χ0) is 22.2. The second-order valence-electron chi connectivity index (χ2n) is 8.26. The van der Waals surface area contributed by atoms with Gasteiger partial charge in [-0.1, -0.05) is 20.4 Å². The van der Waals surface area contributed by atoms with E-state index in [2.05, 4.69) is 26.4 Å². The Morgan fingerprint density at radius 2 is 2.00 bits per heavy atom. The number of nitrogens with zero attached hydrogens (tertiary/aromatic N) is 3. The van der Waals surface area contributed by atoms with Crippen LogP contribution in [0.5, 0.6) is 0 Å². The van der Waals surface area contributed by atoms with E-state index in [0.717, 1.165) is 40.7 Å². The SMILES string of the molecule is C=C(/C(C)=C(/C)c1nc(C(C)C)cc(=O)[nH]1)N1CCc2ncc(C(C)(F)F)cc2C1. The standard InChI is InChI=1S/C23H28F2N4O/c1-13(2)20-10-21(30)28-22(27-20)15(4)14(3)16(5)29-8-7-19-17(12-29)9-18(11-26-19)23(6,24)25/h9-11,13H,5,7-8,12H2,1-4,6H3,(H,27,28,30)/b15-14-. The van der Waals surface area contributed by atoms with Gasteiger partial charge in [-0.15, -0.1) is 0 Å². The zero-order valence-corrected chi connectivity index (χ0v) is 18.1. The average Bonchev–Trinajstić information content (AvgIpc) is 2.70. The Labute approximate surface area is 175 Å². The molecule has 30 heavy (non-hydrogen) atoms. The molecule has 1 aliphatic rings. The van der Waals surface area contributed by atoms with E-state index in [0.29, 0.717) is 25.3 Å². The molecule has 5 nitrogen and oxygen atoms in total. The molecule has 0 radical (unpaired) electrons. The molecule has 0 saturated carbocycles. The molecule has 0 fully saturated rings. The number of allylic oxidation sites excluding steroid dienone is 2. The van der Waals surface area contributed by atoms with Crippen LogP contribution in [0.1, 0.15) is 68.9 Å². The molecular formula is C23H28F2N4O. The molecule has 2 aromatic heterocycles. The lowest BCUT2D eigenvalue weighted by Crippen LogP contribution is -2.31. The van der Waals surface area contributed by atoms with Crippen LogP contribution in [0.15, 0.2) is 41.0 Å². The predicted octanol–water partition coefficient (Wildman–Crippen LogP) is 4.77. The van der Waals surface area contributed by atoms with E-state index < -0.39 is 5.92 Å². The fourth-order valence-electron chi connectivity index (χ4n) is 3.48. The third kappa shape index (κ3) is 4.50. The average molecular weight is 415 g/mol. The first-order chi connectivity index (χ1) is 14.0. The number of aromatic nitrogens is 3. The van der Waals surface area contributed by atoms with E-state index in [1.807, 2.05) is 27.7 Å². The summed E-state index contributed by atoms with van der Waals surface area (Å²) in [5.41, 5.74) is 4.62. The normalized spacial score (nSPS) is 15.1. The van der Waals surface area contributed by atoms with E-state index in [1.54, 1.807) is 6.07 Å². The summed E-state index contributed by atoms with van der Waals surface area (Å²) < 4.78 is 27.4. The van der Waals surface area contributed by atoms with Crippen LogP contribution in [-0.2, 0) is 18.9 Å². The highest BCUT2D eigenvalue weighted by Gasteiger charge is 2.28. The highest BCUT2D eigenvalue weighted by atomic mass is 19.3. The zero-order valence-electron chi connectivity index (χ0n) is 18.1. The molecule has 3 rings (SSSR count). The number of hydrogen-bond acceptors (Lipinski definition) is 4. The van der Waals surface area contributed by atoms with Crippen molar-refractivity contribution in [3.8, 4) is 0 Å². The van der Waals surface area contributed by atoms with Crippen LogP contribution in [0.2, 0.25) is 0 Å². The number of pyridine rings is 1. The summed E-state index contributed by atoms with van der Waals surface area (Å²) in [5, 5.41) is 0. The van der Waals surface area contributed by atoms with Gasteiger partial charge in [0.25, 0.3) is 11.5 Å². The fraction of sp³-hybridized carbons (Fsp3) is 0.435. The summed E-state index contributed by atoms with van der Waals surface area (Å²) in [6.07, 6.45) is 1.93. The van der Waals surface area contributed by atoms with Gasteiger partial charge in [0, 0.05) is 55.7 Å². The van der Waals surface area contributed by atoms with Crippen LogP contribution in [0.25, 0.3) is 5.57 Å². The van der Waals surface area contributed by atoms with Crippen molar-refractivity contribution in [2.45, 2.75) is 59.4 Å². The molecule has 0 saturated heterocycles. The van der Waals surface area contributed by atoms with Crippen molar-refractivity contribution in [2.75, 3.05) is 6.54 Å². The van der Waals surface area contributed by atoms with Crippen LogP contribution in [0.3, 0.4) is 0 Å². The largest absolute Gasteiger partial charge is 0.367 e. The molecule has 0 amide bonds. The van der Waals surface area contributed by atoms with Crippen molar-refractivity contribution in [3.63, 3.8) is 0 Å². The van der Waals surface area contributed by atoms with Gasteiger partial charge in [-0.25, -0.2) is 13.8 Å². The number of halogens is 2. The Morgan fingerprint density at radius 1 is 1.30 bits per heavy atom. The van der Waals surface area contributed by atoms with Crippen molar-refractivity contribution in [1.29, 1.82) is 0 Å². The summed E-state index contributed by atoms with van der Waals surface area (Å²) in [6.45, 7) is 14.1. The maximum atomic E-state index is 13.7. The summed E-state index contributed by atoms with van der Waals surface area (Å²) in [6, 6.07) is 3.06. The molecule has 1 aliphatic heterocycles. The van der Waals surface area contributed by atoms with Gasteiger partial charge >= 0.3 is 0 Å². The van der Waals surface area contributed by atoms with E-state index in [1.165, 1.54) is 12.3 Å². The van der Waals surface area contributed by atoms with Gasteiger partial charge < -0.3 is 9.88 Å². The van der Waals surface area contributed by atoms with Crippen LogP contribution < -0.4 is 5.56 Å². The first-order valence-corrected chi connectivity index (χ1v) is 10.1. The number of alkyl halides is 2. The number of nitrogens with one attached hydrogen (secondary N) is 1. The van der Waals surface area contributed by atoms with E-state index in [-0.39, 0.29) is 17.0 Å². The van der Waals surface area contributed by atoms with Crippen molar-refractivity contribution < 1.29 is 8.78 Å². The second kappa shape index (κ2) is 8.13. The Morgan fingerprint density at radius 3 is 2.63 bits per heavy atom. The minimum Gasteiger partial charge on any atom is -0.367 e. The van der Waals surface area contributed by atoms with Crippen molar-refractivity contribution in [2.24, 2.45) is 0 Å². The summed E-state index contributed by atoms with van der Waals surface area (Å²) in [7, 11) is 0. The summed E-state index contributed by atoms with van der Waals surface area (Å²) in [4.78, 5) is 25.7. The number of hydrogen-bond donors (Lipinski definition) is 1. The van der Waals surface area contributed by atoms with Crippen LogP contribution in [0, 0.1) is 0 Å². The van der Waals surface area contributed by atoms with Crippen molar-refractivity contribution in [3.05, 3.63) is 74.9 Å². The topological polar surface area (TPSA) is 61.9 Å². The maximum Gasteiger partial charge on any atom is 0.272 e. The summed E-state index contributed by atoms with van der Waals surface area (Å²) >= 11 is 0. The minimum atomic E-state index is -2.92. The molecule has 0 spiro atoms. The molecule has 0 bridgehead atoms. The summed E-state index contributed by atoms with van der Waals surface area (Å²) in [5.74, 6) is -2.26. The quantitative estimate of drug-likeness (QED) is 0.716. The van der Waals surface area contributed by atoms with Gasteiger partial charge in [0.05, 0.1) is 5.69 Å². The van der Waals surface area contributed by atoms with Crippen molar-refractivity contribution >= 4 is 5.57 Å². The second-order valence-corrected chi connectivity index (χ2v) is 8.26. The van der Waals surface area contributed by atoms with Crippen LogP contribution in [0.4, 0.5) is 8.78 Å². The van der Waals surface area contributed by atoms with E-state index >= 15 is 0 Å². The first-order valence-electron chi connectivity index (χ1n) is 10.1. The third-order valence-electron chi connectivity index (χ3n) is 5.63. The number of H-pyrrole nitrogens is 1. The molecule has 160 valence electrons. The highest BCUT2D eigenvalue weighted by Crippen LogP contribution is 2.31. The molecule has 2 aromatic rings. The highest BCUT2D eigenvalue weighted by molar-refractivity contribution is 5.65. The minimum absolute atomic E-state index is 0.0792. The van der Waals surface area contributed by atoms with Gasteiger partial charge in [0.2, 0.25) is 0 Å². The molecule has 7 heteroatoms. The maximum absolute atomic E-state index is 13.7. The lowest BCUT2D eigenvalue weighted by Gasteiger charge is -2.33. The lowest BCUT2D eigenvalue weighted by molar-refractivity contribution is 0.0169. The fourth-order valence-corrected chi connectivity index (χ4v) is 3.48. The Bertz CT molecular complexity index is 1060. The van der Waals surface area contributed by atoms with E-state index in [4.69, 9.17) is 0 Å². The molecule has 0 unspecified atom stereocenters. The molecule has 1 N–H and O–H groups in total. The first kappa shape index (κ1) is 21.9. The predicted molar refractivity (Wildman–Crippen MR) is 114 cm³/mol. The van der Waals surface area contributed by atoms with E-state index in [9.17, 15) is 13.6 Å².